The molecule has 0 saturated carbocycles. The molecule has 0 heterocycles. The highest BCUT2D eigenvalue weighted by molar-refractivity contribution is 5.84. The van der Waals surface area contributed by atoms with Crippen molar-refractivity contribution in [3.8, 4) is 5.75 Å². The summed E-state index contributed by atoms with van der Waals surface area (Å²) in [5, 5.41) is 21.8. The van der Waals surface area contributed by atoms with Crippen LogP contribution in [0.5, 0.6) is 5.75 Å². The third-order valence-corrected chi connectivity index (χ3v) is 1.90. The third-order valence-electron chi connectivity index (χ3n) is 1.90. The minimum atomic E-state index is -0.744. The van der Waals surface area contributed by atoms with Gasteiger partial charge in [0.1, 0.15) is 0 Å². The van der Waals surface area contributed by atoms with E-state index in [-0.39, 0.29) is 17.3 Å². The van der Waals surface area contributed by atoms with Crippen molar-refractivity contribution in [2.24, 2.45) is 10.9 Å². The first-order valence-electron chi connectivity index (χ1n) is 4.43. The van der Waals surface area contributed by atoms with Crippen molar-refractivity contribution in [3.05, 3.63) is 34.4 Å². The van der Waals surface area contributed by atoms with E-state index in [9.17, 15) is 10.1 Å². The Morgan fingerprint density at radius 1 is 1.62 bits per heavy atom. The fourth-order valence-corrected chi connectivity index (χ4v) is 1.04. The molecule has 1 unspecified atom stereocenters. The second-order valence-electron chi connectivity index (χ2n) is 3.01. The zero-order chi connectivity index (χ0) is 12.1. The van der Waals surface area contributed by atoms with Crippen LogP contribution in [0.1, 0.15) is 6.92 Å². The van der Waals surface area contributed by atoms with Crippen LogP contribution in [0.4, 0.5) is 5.69 Å². The lowest BCUT2D eigenvalue weighted by atomic mass is 10.3. The first-order valence-corrected chi connectivity index (χ1v) is 4.43. The minimum Gasteiger partial charge on any atom is -0.476 e. The number of benzene rings is 1. The number of amidine groups is 1. The van der Waals surface area contributed by atoms with Gasteiger partial charge in [0, 0.05) is 6.07 Å². The number of nitro groups is 1. The van der Waals surface area contributed by atoms with Crippen molar-refractivity contribution in [1.82, 2.24) is 0 Å². The Balaban J connectivity index is 2.93. The van der Waals surface area contributed by atoms with Crippen LogP contribution in [-0.2, 0) is 0 Å². The van der Waals surface area contributed by atoms with Gasteiger partial charge >= 0.3 is 5.69 Å². The van der Waals surface area contributed by atoms with E-state index in [1.54, 1.807) is 6.07 Å². The molecule has 1 atom stereocenters. The van der Waals surface area contributed by atoms with E-state index in [2.05, 4.69) is 5.16 Å². The lowest BCUT2D eigenvalue weighted by molar-refractivity contribution is -0.386. The Bertz CT molecular complexity index is 419. The maximum absolute atomic E-state index is 10.7. The molecular formula is C9H11N3O4. The second kappa shape index (κ2) is 4.96. The van der Waals surface area contributed by atoms with Crippen molar-refractivity contribution in [1.29, 1.82) is 0 Å². The maximum Gasteiger partial charge on any atom is 0.310 e. The summed E-state index contributed by atoms with van der Waals surface area (Å²) in [7, 11) is 0. The molecule has 0 saturated heterocycles. The number of ether oxygens (including phenoxy) is 1. The van der Waals surface area contributed by atoms with E-state index in [1.807, 2.05) is 0 Å². The zero-order valence-corrected chi connectivity index (χ0v) is 8.53. The van der Waals surface area contributed by atoms with Crippen molar-refractivity contribution >= 4 is 11.5 Å². The molecule has 0 aliphatic rings. The number of oxime groups is 1. The van der Waals surface area contributed by atoms with Crippen LogP contribution in [0.25, 0.3) is 0 Å². The van der Waals surface area contributed by atoms with Crippen LogP contribution in [0.15, 0.2) is 29.4 Å². The number of hydrogen-bond acceptors (Lipinski definition) is 5. The number of nitro benzene ring substituents is 1. The van der Waals surface area contributed by atoms with E-state index >= 15 is 0 Å². The van der Waals surface area contributed by atoms with Gasteiger partial charge in [0.2, 0.25) is 0 Å². The monoisotopic (exact) mass is 225 g/mol. The largest absolute Gasteiger partial charge is 0.476 e. The van der Waals surface area contributed by atoms with Crippen LogP contribution >= 0.6 is 0 Å². The van der Waals surface area contributed by atoms with Crippen molar-refractivity contribution in [3.63, 3.8) is 0 Å². The Morgan fingerprint density at radius 2 is 2.25 bits per heavy atom. The topological polar surface area (TPSA) is 111 Å². The molecule has 0 bridgehead atoms. The lowest BCUT2D eigenvalue weighted by Crippen LogP contribution is -2.31. The summed E-state index contributed by atoms with van der Waals surface area (Å²) >= 11 is 0. The molecule has 16 heavy (non-hydrogen) atoms. The van der Waals surface area contributed by atoms with E-state index in [0.29, 0.717) is 0 Å². The van der Waals surface area contributed by atoms with Gasteiger partial charge in [-0.05, 0) is 13.0 Å². The summed E-state index contributed by atoms with van der Waals surface area (Å²) in [4.78, 5) is 10.1. The van der Waals surface area contributed by atoms with Gasteiger partial charge in [-0.2, -0.15) is 0 Å². The summed E-state index contributed by atoms with van der Waals surface area (Å²) in [6.07, 6.45) is -0.744. The highest BCUT2D eigenvalue weighted by atomic mass is 16.6. The average Bonchev–Trinajstić information content (AvgIpc) is 2.28. The molecule has 7 heteroatoms. The van der Waals surface area contributed by atoms with Crippen LogP contribution in [0.3, 0.4) is 0 Å². The summed E-state index contributed by atoms with van der Waals surface area (Å²) in [5.74, 6) is -0.0789. The SMILES string of the molecule is CC(Oc1ccccc1[N+](=O)[O-])C(N)=NO. The zero-order valence-electron chi connectivity index (χ0n) is 8.53. The highest BCUT2D eigenvalue weighted by Crippen LogP contribution is 2.26. The predicted molar refractivity (Wildman–Crippen MR) is 56.6 cm³/mol. The molecule has 0 aromatic heterocycles. The molecule has 0 spiro atoms. The molecule has 0 fully saturated rings. The molecule has 3 N–H and O–H groups in total. The molecule has 7 nitrogen and oxygen atoms in total. The first kappa shape index (κ1) is 11.8. The number of nitrogens with zero attached hydrogens (tertiary/aromatic N) is 2. The Labute approximate surface area is 91.3 Å². The van der Waals surface area contributed by atoms with Gasteiger partial charge in [-0.3, -0.25) is 10.1 Å². The van der Waals surface area contributed by atoms with Gasteiger partial charge in [0.25, 0.3) is 0 Å². The van der Waals surface area contributed by atoms with Crippen LogP contribution < -0.4 is 10.5 Å². The molecule has 0 aliphatic carbocycles. The number of nitrogens with two attached hydrogens (primary N) is 1. The van der Waals surface area contributed by atoms with Crippen molar-refractivity contribution < 1.29 is 14.9 Å². The quantitative estimate of drug-likeness (QED) is 0.262. The summed E-state index contributed by atoms with van der Waals surface area (Å²) in [6.45, 7) is 1.52. The second-order valence-corrected chi connectivity index (χ2v) is 3.01. The Morgan fingerprint density at radius 3 is 2.81 bits per heavy atom. The number of para-hydroxylation sites is 2. The number of rotatable bonds is 4. The maximum atomic E-state index is 10.7. The molecule has 86 valence electrons. The molecule has 0 amide bonds. The van der Waals surface area contributed by atoms with Crippen LogP contribution in [0.2, 0.25) is 0 Å². The lowest BCUT2D eigenvalue weighted by Gasteiger charge is -2.12. The summed E-state index contributed by atoms with van der Waals surface area (Å²) in [6, 6.07) is 5.88. The fraction of sp³-hybridized carbons (Fsp3) is 0.222. The van der Waals surface area contributed by atoms with Gasteiger partial charge in [-0.15, -0.1) is 0 Å². The number of hydrogen-bond donors (Lipinski definition) is 2. The molecule has 1 rings (SSSR count). The van der Waals surface area contributed by atoms with E-state index < -0.39 is 11.0 Å². The van der Waals surface area contributed by atoms with Gasteiger partial charge in [-0.1, -0.05) is 17.3 Å². The molecular weight excluding hydrogens is 214 g/mol. The summed E-state index contributed by atoms with van der Waals surface area (Å²) in [5.41, 5.74) is 5.13. The van der Waals surface area contributed by atoms with Crippen LogP contribution in [0, 0.1) is 10.1 Å². The average molecular weight is 225 g/mol. The standard InChI is InChI=1S/C9H11N3O4/c1-6(9(10)11-13)16-8-5-3-2-4-7(8)12(14)15/h2-6,13H,1H3,(H2,10,11). The van der Waals surface area contributed by atoms with Crippen molar-refractivity contribution in [2.45, 2.75) is 13.0 Å². The van der Waals surface area contributed by atoms with Crippen LogP contribution in [-0.4, -0.2) is 22.1 Å². The van der Waals surface area contributed by atoms with Gasteiger partial charge in [0.15, 0.2) is 17.7 Å². The first-order chi connectivity index (χ1) is 7.56. The van der Waals surface area contributed by atoms with E-state index in [1.165, 1.54) is 25.1 Å². The van der Waals surface area contributed by atoms with E-state index in [0.717, 1.165) is 0 Å². The highest BCUT2D eigenvalue weighted by Gasteiger charge is 2.17. The molecule has 1 aromatic rings. The molecule has 0 aliphatic heterocycles. The molecule has 1 aromatic carbocycles. The minimum absolute atomic E-state index is 0.0756. The van der Waals surface area contributed by atoms with Gasteiger partial charge in [0.05, 0.1) is 4.92 Å². The summed E-state index contributed by atoms with van der Waals surface area (Å²) < 4.78 is 5.20. The van der Waals surface area contributed by atoms with Crippen molar-refractivity contribution in [2.75, 3.05) is 0 Å². The Hall–Kier alpha value is -2.31. The van der Waals surface area contributed by atoms with E-state index in [4.69, 9.17) is 15.7 Å². The Kier molecular flexibility index (Phi) is 3.65. The van der Waals surface area contributed by atoms with Gasteiger partial charge < -0.3 is 15.7 Å². The predicted octanol–water partition coefficient (Wildman–Crippen LogP) is 1.11. The molecule has 0 radical (unpaired) electrons. The third kappa shape index (κ3) is 2.59. The fourth-order valence-electron chi connectivity index (χ4n) is 1.04. The normalized spacial score (nSPS) is 13.2. The smallest absolute Gasteiger partial charge is 0.310 e. The van der Waals surface area contributed by atoms with Gasteiger partial charge in [-0.25, -0.2) is 0 Å².